The summed E-state index contributed by atoms with van der Waals surface area (Å²) in [7, 11) is 3.25. The molecule has 3 aromatic rings. The maximum atomic E-state index is 13.1. The molecule has 0 aliphatic carbocycles. The number of nitrogens with one attached hydrogen (secondary N) is 2. The molecule has 0 fully saturated rings. The van der Waals surface area contributed by atoms with Gasteiger partial charge >= 0.3 is 12.0 Å². The molecule has 1 unspecified atom stereocenters. The van der Waals surface area contributed by atoms with Gasteiger partial charge in [-0.3, -0.25) is 14.7 Å². The fourth-order valence-electron chi connectivity index (χ4n) is 3.95. The summed E-state index contributed by atoms with van der Waals surface area (Å²) in [5, 5.41) is 5.47. The third-order valence-electron chi connectivity index (χ3n) is 5.74. The molecular formula is C27H26N4O4. The normalized spacial score (nSPS) is 14.7. The standard InChI is InChI=1S/C27H26N4O4/c1-4-35-26(33)18-10-15-21-22(16-18)30-25(32)23(21)24(17-8-6-5-7-9-17)29-19-11-13-20(14-12-19)31(3)27(34)28-2/h5-16,23H,4H2,1-3H3,(H,28,34)(H,30,32). The van der Waals surface area contributed by atoms with Gasteiger partial charge in [0.05, 0.1) is 23.6 Å². The summed E-state index contributed by atoms with van der Waals surface area (Å²) >= 11 is 0. The second-order valence-electron chi connectivity index (χ2n) is 7.94. The second-order valence-corrected chi connectivity index (χ2v) is 7.94. The predicted molar refractivity (Wildman–Crippen MR) is 136 cm³/mol. The van der Waals surface area contributed by atoms with Gasteiger partial charge in [-0.05, 0) is 54.4 Å². The number of hydrogen-bond acceptors (Lipinski definition) is 5. The highest BCUT2D eigenvalue weighted by Gasteiger charge is 2.36. The number of aliphatic imine (C=N–C) groups is 1. The first-order valence-electron chi connectivity index (χ1n) is 11.2. The van der Waals surface area contributed by atoms with Gasteiger partial charge in [-0.2, -0.15) is 0 Å². The van der Waals surface area contributed by atoms with Gasteiger partial charge < -0.3 is 15.4 Å². The van der Waals surface area contributed by atoms with Crippen molar-refractivity contribution in [1.82, 2.24) is 5.32 Å². The van der Waals surface area contributed by atoms with E-state index in [1.54, 1.807) is 63.5 Å². The number of amides is 3. The van der Waals surface area contributed by atoms with Gasteiger partial charge in [-0.25, -0.2) is 9.59 Å². The highest BCUT2D eigenvalue weighted by Crippen LogP contribution is 2.37. The molecule has 0 aromatic heterocycles. The zero-order valence-electron chi connectivity index (χ0n) is 19.7. The van der Waals surface area contributed by atoms with Crippen molar-refractivity contribution in [1.29, 1.82) is 0 Å². The van der Waals surface area contributed by atoms with Gasteiger partial charge in [-0.1, -0.05) is 36.4 Å². The summed E-state index contributed by atoms with van der Waals surface area (Å²) in [4.78, 5) is 43.5. The number of anilines is 2. The molecule has 1 aliphatic rings. The Bertz CT molecular complexity index is 1290. The minimum absolute atomic E-state index is 0.223. The van der Waals surface area contributed by atoms with E-state index in [0.29, 0.717) is 28.3 Å². The summed E-state index contributed by atoms with van der Waals surface area (Å²) in [5.41, 5.74) is 4.42. The number of fused-ring (bicyclic) bond motifs is 1. The van der Waals surface area contributed by atoms with Crippen LogP contribution >= 0.6 is 0 Å². The lowest BCUT2D eigenvalue weighted by molar-refractivity contribution is -0.115. The molecule has 2 N–H and O–H groups in total. The summed E-state index contributed by atoms with van der Waals surface area (Å²) in [6.45, 7) is 2.02. The maximum absolute atomic E-state index is 13.1. The number of rotatable bonds is 6. The molecule has 8 nitrogen and oxygen atoms in total. The van der Waals surface area contributed by atoms with E-state index in [2.05, 4.69) is 10.6 Å². The number of ether oxygens (including phenoxy) is 1. The Morgan fingerprint density at radius 3 is 2.40 bits per heavy atom. The zero-order chi connectivity index (χ0) is 24.9. The van der Waals surface area contributed by atoms with Crippen LogP contribution in [0.2, 0.25) is 0 Å². The average Bonchev–Trinajstić information content (AvgIpc) is 3.22. The summed E-state index contributed by atoms with van der Waals surface area (Å²) in [5.74, 6) is -1.32. The van der Waals surface area contributed by atoms with E-state index in [-0.39, 0.29) is 18.5 Å². The van der Waals surface area contributed by atoms with E-state index in [0.717, 1.165) is 11.1 Å². The van der Waals surface area contributed by atoms with Crippen molar-refractivity contribution in [3.05, 3.63) is 89.5 Å². The van der Waals surface area contributed by atoms with Gasteiger partial charge in [0, 0.05) is 25.5 Å². The second kappa shape index (κ2) is 10.2. The molecule has 0 radical (unpaired) electrons. The van der Waals surface area contributed by atoms with Crippen LogP contribution in [0, 0.1) is 0 Å². The van der Waals surface area contributed by atoms with Crippen LogP contribution in [0.25, 0.3) is 0 Å². The van der Waals surface area contributed by atoms with Crippen molar-refractivity contribution in [3.8, 4) is 0 Å². The first-order valence-corrected chi connectivity index (χ1v) is 11.2. The molecule has 1 aliphatic heterocycles. The Labute approximate surface area is 203 Å². The number of carbonyl (C=O) groups is 3. The van der Waals surface area contributed by atoms with Crippen LogP contribution in [0.5, 0.6) is 0 Å². The van der Waals surface area contributed by atoms with Crippen LogP contribution in [0.1, 0.15) is 34.3 Å². The van der Waals surface area contributed by atoms with Gasteiger partial charge in [0.1, 0.15) is 5.92 Å². The average molecular weight is 471 g/mol. The van der Waals surface area contributed by atoms with Crippen LogP contribution < -0.4 is 15.5 Å². The molecule has 0 spiro atoms. The number of urea groups is 1. The fourth-order valence-corrected chi connectivity index (χ4v) is 3.95. The Kier molecular flexibility index (Phi) is 6.91. The van der Waals surface area contributed by atoms with Crippen LogP contribution in [0.4, 0.5) is 21.9 Å². The number of hydrogen-bond donors (Lipinski definition) is 2. The first-order chi connectivity index (χ1) is 16.9. The van der Waals surface area contributed by atoms with Crippen molar-refractivity contribution in [3.63, 3.8) is 0 Å². The Morgan fingerprint density at radius 1 is 1.03 bits per heavy atom. The van der Waals surface area contributed by atoms with Gasteiger partial charge in [0.25, 0.3) is 0 Å². The number of carbonyl (C=O) groups excluding carboxylic acids is 3. The Balaban J connectivity index is 1.74. The van der Waals surface area contributed by atoms with Crippen molar-refractivity contribution < 1.29 is 19.1 Å². The quantitative estimate of drug-likeness (QED) is 0.409. The van der Waals surface area contributed by atoms with Gasteiger partial charge in [0.2, 0.25) is 5.91 Å². The van der Waals surface area contributed by atoms with E-state index in [9.17, 15) is 14.4 Å². The molecular weight excluding hydrogens is 444 g/mol. The van der Waals surface area contributed by atoms with E-state index in [4.69, 9.17) is 9.73 Å². The number of benzene rings is 3. The number of esters is 1. The summed E-state index contributed by atoms with van der Waals surface area (Å²) in [6, 6.07) is 21.5. The third kappa shape index (κ3) is 4.91. The molecule has 8 heteroatoms. The van der Waals surface area contributed by atoms with E-state index >= 15 is 0 Å². The SMILES string of the molecule is CCOC(=O)c1ccc2c(c1)NC(=O)C2C(=Nc1ccc(N(C)C(=O)NC)cc1)c1ccccc1. The smallest absolute Gasteiger partial charge is 0.338 e. The largest absolute Gasteiger partial charge is 0.462 e. The lowest BCUT2D eigenvalue weighted by Gasteiger charge is -2.17. The highest BCUT2D eigenvalue weighted by molar-refractivity contribution is 6.24. The van der Waals surface area contributed by atoms with Crippen molar-refractivity contribution >= 4 is 40.7 Å². The molecule has 178 valence electrons. The fraction of sp³-hybridized carbons (Fsp3) is 0.185. The van der Waals surface area contributed by atoms with E-state index in [1.165, 1.54) is 4.90 Å². The Hall–Kier alpha value is -4.46. The van der Waals surface area contributed by atoms with Crippen LogP contribution in [0.3, 0.4) is 0 Å². The lowest BCUT2D eigenvalue weighted by atomic mass is 9.90. The monoisotopic (exact) mass is 470 g/mol. The van der Waals surface area contributed by atoms with Crippen LogP contribution in [0.15, 0.2) is 77.8 Å². The maximum Gasteiger partial charge on any atom is 0.338 e. The van der Waals surface area contributed by atoms with E-state index in [1.807, 2.05) is 30.3 Å². The minimum Gasteiger partial charge on any atom is -0.462 e. The van der Waals surface area contributed by atoms with E-state index < -0.39 is 11.9 Å². The first kappa shape index (κ1) is 23.7. The van der Waals surface area contributed by atoms with Crippen LogP contribution in [-0.4, -0.2) is 44.3 Å². The summed E-state index contributed by atoms with van der Waals surface area (Å²) < 4.78 is 5.08. The molecule has 35 heavy (non-hydrogen) atoms. The molecule has 0 bridgehead atoms. The predicted octanol–water partition coefficient (Wildman–Crippen LogP) is 4.50. The molecule has 3 amide bonds. The van der Waals surface area contributed by atoms with Gasteiger partial charge in [-0.15, -0.1) is 0 Å². The lowest BCUT2D eigenvalue weighted by Crippen LogP contribution is -2.34. The minimum atomic E-state index is -0.656. The van der Waals surface area contributed by atoms with Crippen molar-refractivity contribution in [2.45, 2.75) is 12.8 Å². The third-order valence-corrected chi connectivity index (χ3v) is 5.74. The van der Waals surface area contributed by atoms with Crippen molar-refractivity contribution in [2.24, 2.45) is 4.99 Å². The number of nitrogens with zero attached hydrogens (tertiary/aromatic N) is 2. The van der Waals surface area contributed by atoms with Crippen molar-refractivity contribution in [2.75, 3.05) is 30.9 Å². The summed E-state index contributed by atoms with van der Waals surface area (Å²) in [6.07, 6.45) is 0. The zero-order valence-corrected chi connectivity index (χ0v) is 19.7. The van der Waals surface area contributed by atoms with Crippen LogP contribution in [-0.2, 0) is 9.53 Å². The highest BCUT2D eigenvalue weighted by atomic mass is 16.5. The van der Waals surface area contributed by atoms with Gasteiger partial charge in [0.15, 0.2) is 0 Å². The molecule has 4 rings (SSSR count). The molecule has 1 atom stereocenters. The topological polar surface area (TPSA) is 100 Å². The molecule has 1 heterocycles. The Morgan fingerprint density at radius 2 is 1.74 bits per heavy atom. The molecule has 0 saturated heterocycles. The molecule has 0 saturated carbocycles. The molecule has 3 aromatic carbocycles.